The molecular weight excluding hydrogens is 200 g/mol. The maximum atomic E-state index is 11.2. The summed E-state index contributed by atoms with van der Waals surface area (Å²) in [4.78, 5) is 21.7. The summed E-state index contributed by atoms with van der Waals surface area (Å²) in [5.74, 6) is -0.542. The molecule has 0 amide bonds. The molecule has 1 atom stereocenters. The second-order valence-corrected chi connectivity index (χ2v) is 3.12. The van der Waals surface area contributed by atoms with Crippen LogP contribution in [0, 0.1) is 0 Å². The van der Waals surface area contributed by atoms with Crippen molar-refractivity contribution in [2.75, 3.05) is 13.2 Å². The first-order valence-electron chi connectivity index (χ1n) is 4.85. The van der Waals surface area contributed by atoms with E-state index in [1.54, 1.807) is 0 Å². The van der Waals surface area contributed by atoms with E-state index in [1.807, 2.05) is 6.08 Å². The van der Waals surface area contributed by atoms with Crippen LogP contribution in [-0.4, -0.2) is 31.4 Å². The van der Waals surface area contributed by atoms with Gasteiger partial charge in [-0.25, -0.2) is 9.59 Å². The molecule has 0 spiro atoms. The van der Waals surface area contributed by atoms with Gasteiger partial charge in [0.25, 0.3) is 0 Å². The van der Waals surface area contributed by atoms with Gasteiger partial charge in [-0.05, 0) is 19.3 Å². The minimum Gasteiger partial charge on any atom is -0.463 e. The first-order valence-corrected chi connectivity index (χ1v) is 4.85. The molecule has 0 aliphatic carbocycles. The van der Waals surface area contributed by atoms with Crippen LogP contribution in [-0.2, 0) is 19.0 Å². The second kappa shape index (κ2) is 6.06. The number of unbranched alkanes of at least 4 members (excludes halogenated alkanes) is 2. The summed E-state index contributed by atoms with van der Waals surface area (Å²) in [7, 11) is 0. The molecule has 1 heterocycles. The van der Waals surface area contributed by atoms with Crippen molar-refractivity contribution in [2.45, 2.75) is 25.4 Å². The lowest BCUT2D eigenvalue weighted by Crippen LogP contribution is -2.25. The van der Waals surface area contributed by atoms with E-state index >= 15 is 0 Å². The zero-order chi connectivity index (χ0) is 11.1. The molecule has 0 aromatic heterocycles. The van der Waals surface area contributed by atoms with Crippen LogP contribution < -0.4 is 0 Å². The lowest BCUT2D eigenvalue weighted by Gasteiger charge is -2.06. The minimum atomic E-state index is -0.892. The summed E-state index contributed by atoms with van der Waals surface area (Å²) in [5.41, 5.74) is 0. The van der Waals surface area contributed by atoms with Gasteiger partial charge < -0.3 is 14.2 Å². The Morgan fingerprint density at radius 2 is 2.40 bits per heavy atom. The van der Waals surface area contributed by atoms with Crippen LogP contribution in [0.3, 0.4) is 0 Å². The Morgan fingerprint density at radius 1 is 1.60 bits per heavy atom. The normalized spacial score (nSPS) is 19.2. The summed E-state index contributed by atoms with van der Waals surface area (Å²) < 4.78 is 13.9. The predicted molar refractivity (Wildman–Crippen MR) is 51.2 cm³/mol. The van der Waals surface area contributed by atoms with Crippen LogP contribution in [0.1, 0.15) is 19.3 Å². The largest absolute Gasteiger partial charge is 0.509 e. The van der Waals surface area contributed by atoms with Gasteiger partial charge in [-0.3, -0.25) is 0 Å². The van der Waals surface area contributed by atoms with Crippen molar-refractivity contribution in [3.63, 3.8) is 0 Å². The number of rotatable bonds is 6. The molecule has 84 valence electrons. The highest BCUT2D eigenvalue weighted by atomic mass is 16.8. The average molecular weight is 214 g/mol. The summed E-state index contributed by atoms with van der Waals surface area (Å²) in [6.07, 6.45) is 2.71. The first kappa shape index (κ1) is 11.6. The minimum absolute atomic E-state index is 0.0513. The Bertz CT molecular complexity index is 248. The fraction of sp³-hybridized carbons (Fsp3) is 0.600. The number of carbonyl (C=O) groups is 2. The van der Waals surface area contributed by atoms with E-state index < -0.39 is 18.2 Å². The molecule has 0 aromatic carbocycles. The van der Waals surface area contributed by atoms with Gasteiger partial charge in [0.15, 0.2) is 0 Å². The topological polar surface area (TPSA) is 61.8 Å². The molecule has 0 saturated carbocycles. The maximum absolute atomic E-state index is 11.2. The number of ether oxygens (including phenoxy) is 3. The number of esters is 1. The molecule has 1 saturated heterocycles. The standard InChI is InChI=1S/C10H14O5/c1-2-3-4-5-6-13-9(11)8-7-14-10(12)15-8/h2,8H,1,3-7H2. The van der Waals surface area contributed by atoms with Crippen LogP contribution in [0.4, 0.5) is 4.79 Å². The van der Waals surface area contributed by atoms with E-state index in [-0.39, 0.29) is 6.61 Å². The monoisotopic (exact) mass is 214 g/mol. The van der Waals surface area contributed by atoms with Gasteiger partial charge in [0.2, 0.25) is 6.10 Å². The Morgan fingerprint density at radius 3 is 3.00 bits per heavy atom. The van der Waals surface area contributed by atoms with Crippen LogP contribution in [0.2, 0.25) is 0 Å². The lowest BCUT2D eigenvalue weighted by atomic mass is 10.2. The van der Waals surface area contributed by atoms with Gasteiger partial charge in [0.1, 0.15) is 6.61 Å². The number of hydrogen-bond acceptors (Lipinski definition) is 5. The number of carbonyl (C=O) groups excluding carboxylic acids is 2. The van der Waals surface area contributed by atoms with E-state index in [2.05, 4.69) is 16.1 Å². The van der Waals surface area contributed by atoms with Crippen LogP contribution >= 0.6 is 0 Å². The van der Waals surface area contributed by atoms with Crippen molar-refractivity contribution in [2.24, 2.45) is 0 Å². The number of hydrogen-bond donors (Lipinski definition) is 0. The first-order chi connectivity index (χ1) is 7.24. The highest BCUT2D eigenvalue weighted by molar-refractivity contribution is 5.79. The zero-order valence-electron chi connectivity index (χ0n) is 8.44. The molecule has 15 heavy (non-hydrogen) atoms. The molecular formula is C10H14O5. The third kappa shape index (κ3) is 4.01. The van der Waals surface area contributed by atoms with Gasteiger partial charge >= 0.3 is 12.1 Å². The molecule has 1 aliphatic rings. The van der Waals surface area contributed by atoms with Gasteiger partial charge in [0.05, 0.1) is 6.61 Å². The molecule has 5 heteroatoms. The molecule has 0 bridgehead atoms. The molecule has 1 fully saturated rings. The van der Waals surface area contributed by atoms with Crippen molar-refractivity contribution >= 4 is 12.1 Å². The molecule has 0 aromatic rings. The highest BCUT2D eigenvalue weighted by Crippen LogP contribution is 2.08. The third-order valence-corrected chi connectivity index (χ3v) is 1.90. The van der Waals surface area contributed by atoms with Crippen molar-refractivity contribution in [1.29, 1.82) is 0 Å². The predicted octanol–water partition coefficient (Wildman–Crippen LogP) is 1.42. The fourth-order valence-electron chi connectivity index (χ4n) is 1.10. The van der Waals surface area contributed by atoms with Crippen molar-refractivity contribution < 1.29 is 23.8 Å². The Labute approximate surface area is 88.0 Å². The van der Waals surface area contributed by atoms with Gasteiger partial charge in [-0.2, -0.15) is 0 Å². The summed E-state index contributed by atoms with van der Waals surface area (Å²) in [6.45, 7) is 3.87. The summed E-state index contributed by atoms with van der Waals surface area (Å²) in [6, 6.07) is 0. The number of allylic oxidation sites excluding steroid dienone is 1. The fourth-order valence-corrected chi connectivity index (χ4v) is 1.10. The lowest BCUT2D eigenvalue weighted by molar-refractivity contribution is -0.151. The Hall–Kier alpha value is -1.52. The third-order valence-electron chi connectivity index (χ3n) is 1.90. The van der Waals surface area contributed by atoms with Crippen molar-refractivity contribution in [1.82, 2.24) is 0 Å². The van der Waals surface area contributed by atoms with E-state index in [0.29, 0.717) is 6.61 Å². The van der Waals surface area contributed by atoms with E-state index in [9.17, 15) is 9.59 Å². The van der Waals surface area contributed by atoms with Crippen LogP contribution in [0.15, 0.2) is 12.7 Å². The molecule has 0 radical (unpaired) electrons. The van der Waals surface area contributed by atoms with E-state index in [0.717, 1.165) is 19.3 Å². The molecule has 0 N–H and O–H groups in total. The van der Waals surface area contributed by atoms with E-state index in [4.69, 9.17) is 4.74 Å². The maximum Gasteiger partial charge on any atom is 0.509 e. The molecule has 1 aliphatic heterocycles. The number of cyclic esters (lactones) is 2. The van der Waals surface area contributed by atoms with Crippen LogP contribution in [0.5, 0.6) is 0 Å². The second-order valence-electron chi connectivity index (χ2n) is 3.12. The zero-order valence-corrected chi connectivity index (χ0v) is 8.44. The highest BCUT2D eigenvalue weighted by Gasteiger charge is 2.32. The smallest absolute Gasteiger partial charge is 0.463 e. The summed E-state index contributed by atoms with van der Waals surface area (Å²) >= 11 is 0. The van der Waals surface area contributed by atoms with Gasteiger partial charge in [-0.1, -0.05) is 6.08 Å². The SMILES string of the molecule is C=CCCCCOC(=O)C1COC(=O)O1. The molecule has 1 rings (SSSR count). The van der Waals surface area contributed by atoms with Crippen molar-refractivity contribution in [3.8, 4) is 0 Å². The van der Waals surface area contributed by atoms with Crippen molar-refractivity contribution in [3.05, 3.63) is 12.7 Å². The Kier molecular flexibility index (Phi) is 4.66. The van der Waals surface area contributed by atoms with Gasteiger partial charge in [-0.15, -0.1) is 6.58 Å². The van der Waals surface area contributed by atoms with Crippen LogP contribution in [0.25, 0.3) is 0 Å². The van der Waals surface area contributed by atoms with Gasteiger partial charge in [0, 0.05) is 0 Å². The Balaban J connectivity index is 2.08. The quantitative estimate of drug-likeness (QED) is 0.380. The summed E-state index contributed by atoms with van der Waals surface area (Å²) in [5, 5.41) is 0. The molecule has 5 nitrogen and oxygen atoms in total. The molecule has 1 unspecified atom stereocenters. The van der Waals surface area contributed by atoms with E-state index in [1.165, 1.54) is 0 Å². The average Bonchev–Trinajstić information content (AvgIpc) is 2.64.